The van der Waals surface area contributed by atoms with Crippen molar-refractivity contribution < 1.29 is 9.13 Å². The molecular weight excluding hydrogens is 229 g/mol. The Morgan fingerprint density at radius 1 is 1.11 bits per heavy atom. The lowest BCUT2D eigenvalue weighted by atomic mass is 10.1. The first-order chi connectivity index (χ1) is 8.66. The topological polar surface area (TPSA) is 35.2 Å². The third-order valence-corrected chi connectivity index (χ3v) is 2.81. The minimum atomic E-state index is -0.259. The van der Waals surface area contributed by atoms with E-state index in [-0.39, 0.29) is 11.9 Å². The molecule has 0 saturated heterocycles. The second kappa shape index (κ2) is 5.65. The molecule has 94 valence electrons. The van der Waals surface area contributed by atoms with E-state index in [9.17, 15) is 4.39 Å². The minimum absolute atomic E-state index is 0.259. The van der Waals surface area contributed by atoms with Gasteiger partial charge in [-0.3, -0.25) is 0 Å². The van der Waals surface area contributed by atoms with Crippen LogP contribution in [-0.2, 0) is 0 Å². The van der Waals surface area contributed by atoms with E-state index in [4.69, 9.17) is 10.5 Å². The van der Waals surface area contributed by atoms with Crippen LogP contribution in [-0.4, -0.2) is 6.61 Å². The summed E-state index contributed by atoms with van der Waals surface area (Å²) in [6.45, 7) is 2.36. The Morgan fingerprint density at radius 2 is 1.78 bits per heavy atom. The van der Waals surface area contributed by atoms with Gasteiger partial charge < -0.3 is 10.5 Å². The lowest BCUT2D eigenvalue weighted by Gasteiger charge is -2.14. The van der Waals surface area contributed by atoms with Crippen LogP contribution < -0.4 is 10.5 Å². The van der Waals surface area contributed by atoms with E-state index < -0.39 is 0 Å². The molecule has 0 aliphatic rings. The first-order valence-electron chi connectivity index (χ1n) is 5.86. The molecule has 18 heavy (non-hydrogen) atoms. The van der Waals surface area contributed by atoms with E-state index in [0.717, 1.165) is 16.9 Å². The first kappa shape index (κ1) is 12.6. The molecule has 0 aliphatic carbocycles. The number of nitrogens with two attached hydrogens (primary N) is 1. The van der Waals surface area contributed by atoms with Crippen molar-refractivity contribution in [3.8, 4) is 5.75 Å². The summed E-state index contributed by atoms with van der Waals surface area (Å²) in [4.78, 5) is 0. The molecule has 0 amide bonds. The number of halogens is 1. The molecule has 0 spiro atoms. The number of para-hydroxylation sites is 1. The van der Waals surface area contributed by atoms with Crippen molar-refractivity contribution in [2.45, 2.75) is 13.0 Å². The van der Waals surface area contributed by atoms with Gasteiger partial charge in [0.15, 0.2) is 0 Å². The zero-order valence-corrected chi connectivity index (χ0v) is 10.3. The quantitative estimate of drug-likeness (QED) is 0.897. The molecule has 0 saturated carbocycles. The van der Waals surface area contributed by atoms with Gasteiger partial charge in [-0.15, -0.1) is 0 Å². The van der Waals surface area contributed by atoms with Gasteiger partial charge in [-0.05, 0) is 36.2 Å². The highest BCUT2D eigenvalue weighted by atomic mass is 19.1. The van der Waals surface area contributed by atoms with Crippen LogP contribution in [0.4, 0.5) is 4.39 Å². The van der Waals surface area contributed by atoms with Crippen molar-refractivity contribution in [2.24, 2.45) is 5.73 Å². The number of hydrogen-bond donors (Lipinski definition) is 1. The summed E-state index contributed by atoms with van der Waals surface area (Å²) in [6, 6.07) is 13.7. The number of benzene rings is 2. The predicted octanol–water partition coefficient (Wildman–Crippen LogP) is 3.21. The van der Waals surface area contributed by atoms with Gasteiger partial charge in [0.1, 0.15) is 18.2 Å². The Kier molecular flexibility index (Phi) is 3.95. The Bertz CT molecular complexity index is 510. The van der Waals surface area contributed by atoms with Crippen LogP contribution in [0.2, 0.25) is 0 Å². The van der Waals surface area contributed by atoms with Gasteiger partial charge in [0.05, 0.1) is 6.04 Å². The summed E-state index contributed by atoms with van der Waals surface area (Å²) >= 11 is 0. The molecule has 2 N–H and O–H groups in total. The molecule has 0 bridgehead atoms. The third kappa shape index (κ3) is 3.08. The Hall–Kier alpha value is -1.87. The minimum Gasteiger partial charge on any atom is -0.491 e. The molecule has 2 aromatic carbocycles. The Morgan fingerprint density at radius 3 is 2.44 bits per heavy atom. The standard InChI is InChI=1S/C15H16FNO/c1-11-4-2-3-5-15(11)18-10-14(17)12-6-8-13(16)9-7-12/h2-9,14H,10,17H2,1H3/t14-/m0/s1. The first-order valence-corrected chi connectivity index (χ1v) is 5.86. The van der Waals surface area contributed by atoms with Gasteiger partial charge >= 0.3 is 0 Å². The van der Waals surface area contributed by atoms with Crippen LogP contribution in [0.15, 0.2) is 48.5 Å². The van der Waals surface area contributed by atoms with Crippen molar-refractivity contribution in [2.75, 3.05) is 6.61 Å². The van der Waals surface area contributed by atoms with E-state index in [1.165, 1.54) is 12.1 Å². The summed E-state index contributed by atoms with van der Waals surface area (Å²) < 4.78 is 18.4. The molecular formula is C15H16FNO. The third-order valence-electron chi connectivity index (χ3n) is 2.81. The predicted molar refractivity (Wildman–Crippen MR) is 70.0 cm³/mol. The maximum absolute atomic E-state index is 12.8. The van der Waals surface area contributed by atoms with Crippen molar-refractivity contribution in [1.82, 2.24) is 0 Å². The summed E-state index contributed by atoms with van der Waals surface area (Å²) in [5.74, 6) is 0.570. The Labute approximate surface area is 106 Å². The molecule has 0 unspecified atom stereocenters. The highest BCUT2D eigenvalue weighted by Crippen LogP contribution is 2.18. The average molecular weight is 245 g/mol. The molecule has 2 aromatic rings. The van der Waals surface area contributed by atoms with Crippen molar-refractivity contribution in [3.63, 3.8) is 0 Å². The summed E-state index contributed by atoms with van der Waals surface area (Å²) in [5.41, 5.74) is 7.93. The second-order valence-corrected chi connectivity index (χ2v) is 4.23. The van der Waals surface area contributed by atoms with Crippen LogP contribution in [0.5, 0.6) is 5.75 Å². The van der Waals surface area contributed by atoms with Crippen LogP contribution in [0, 0.1) is 12.7 Å². The highest BCUT2D eigenvalue weighted by molar-refractivity contribution is 5.32. The fourth-order valence-electron chi connectivity index (χ4n) is 1.70. The number of ether oxygens (including phenoxy) is 1. The number of hydrogen-bond acceptors (Lipinski definition) is 2. The molecule has 0 aliphatic heterocycles. The van der Waals surface area contributed by atoms with E-state index in [1.807, 2.05) is 31.2 Å². The Balaban J connectivity index is 1.98. The lowest BCUT2D eigenvalue weighted by Crippen LogP contribution is -2.19. The summed E-state index contributed by atoms with van der Waals surface area (Å²) in [5, 5.41) is 0. The van der Waals surface area contributed by atoms with E-state index in [2.05, 4.69) is 0 Å². The normalized spacial score (nSPS) is 12.2. The monoisotopic (exact) mass is 245 g/mol. The van der Waals surface area contributed by atoms with Crippen molar-refractivity contribution in [1.29, 1.82) is 0 Å². The van der Waals surface area contributed by atoms with E-state index in [1.54, 1.807) is 12.1 Å². The SMILES string of the molecule is Cc1ccccc1OC[C@H](N)c1ccc(F)cc1. The van der Waals surface area contributed by atoms with Crippen LogP contribution in [0.25, 0.3) is 0 Å². The van der Waals surface area contributed by atoms with Gasteiger partial charge in [-0.2, -0.15) is 0 Å². The molecule has 2 nitrogen and oxygen atoms in total. The van der Waals surface area contributed by atoms with Gasteiger partial charge in [-0.1, -0.05) is 30.3 Å². The van der Waals surface area contributed by atoms with Gasteiger partial charge in [-0.25, -0.2) is 4.39 Å². The van der Waals surface area contributed by atoms with Gasteiger partial charge in [0.25, 0.3) is 0 Å². The van der Waals surface area contributed by atoms with Crippen LogP contribution in [0.1, 0.15) is 17.2 Å². The highest BCUT2D eigenvalue weighted by Gasteiger charge is 2.07. The maximum atomic E-state index is 12.8. The molecule has 1 atom stereocenters. The van der Waals surface area contributed by atoms with Gasteiger partial charge in [0.2, 0.25) is 0 Å². The van der Waals surface area contributed by atoms with E-state index in [0.29, 0.717) is 6.61 Å². The number of rotatable bonds is 4. The fourth-order valence-corrected chi connectivity index (χ4v) is 1.70. The van der Waals surface area contributed by atoms with E-state index >= 15 is 0 Å². The fraction of sp³-hybridized carbons (Fsp3) is 0.200. The maximum Gasteiger partial charge on any atom is 0.123 e. The largest absolute Gasteiger partial charge is 0.491 e. The molecule has 2 rings (SSSR count). The number of aryl methyl sites for hydroxylation is 1. The zero-order chi connectivity index (χ0) is 13.0. The molecule has 0 fully saturated rings. The summed E-state index contributed by atoms with van der Waals surface area (Å²) in [7, 11) is 0. The van der Waals surface area contributed by atoms with Crippen LogP contribution in [0.3, 0.4) is 0 Å². The second-order valence-electron chi connectivity index (χ2n) is 4.23. The van der Waals surface area contributed by atoms with Crippen molar-refractivity contribution in [3.05, 3.63) is 65.5 Å². The molecule has 0 heterocycles. The smallest absolute Gasteiger partial charge is 0.123 e. The molecule has 3 heteroatoms. The van der Waals surface area contributed by atoms with Gasteiger partial charge in [0, 0.05) is 0 Å². The molecule has 0 radical (unpaired) electrons. The molecule has 0 aromatic heterocycles. The van der Waals surface area contributed by atoms with Crippen LogP contribution >= 0.6 is 0 Å². The average Bonchev–Trinajstić information content (AvgIpc) is 2.38. The lowest BCUT2D eigenvalue weighted by molar-refractivity contribution is 0.289. The van der Waals surface area contributed by atoms with Crippen molar-refractivity contribution >= 4 is 0 Å². The zero-order valence-electron chi connectivity index (χ0n) is 10.3. The summed E-state index contributed by atoms with van der Waals surface area (Å²) in [6.07, 6.45) is 0.